The zero-order valence-electron chi connectivity index (χ0n) is 16.6. The van der Waals surface area contributed by atoms with Gasteiger partial charge in [-0.2, -0.15) is 0 Å². The number of carbonyl (C=O) groups excluding carboxylic acids is 2. The van der Waals surface area contributed by atoms with E-state index in [-0.39, 0.29) is 24.6 Å². The van der Waals surface area contributed by atoms with Crippen LogP contribution in [-0.4, -0.2) is 34.8 Å². The average molecular weight is 429 g/mol. The van der Waals surface area contributed by atoms with Gasteiger partial charge in [0.1, 0.15) is 18.2 Å². The largest absolute Gasteiger partial charge is 0.329 e. The molecule has 8 heteroatoms. The van der Waals surface area contributed by atoms with Gasteiger partial charge in [-0.1, -0.05) is 44.2 Å². The van der Waals surface area contributed by atoms with Crippen LogP contribution in [0.15, 0.2) is 53.9 Å². The number of thiazole rings is 1. The fraction of sp³-hybridized carbons (Fsp3) is 0.227. The molecule has 0 aliphatic heterocycles. The van der Waals surface area contributed by atoms with Crippen molar-refractivity contribution in [3.8, 4) is 11.3 Å². The van der Waals surface area contributed by atoms with E-state index in [2.05, 4.69) is 10.3 Å². The number of aromatic nitrogens is 1. The third kappa shape index (κ3) is 5.48. The van der Waals surface area contributed by atoms with Crippen LogP contribution in [0.1, 0.15) is 24.2 Å². The van der Waals surface area contributed by atoms with Crippen molar-refractivity contribution in [2.45, 2.75) is 13.8 Å². The van der Waals surface area contributed by atoms with Crippen LogP contribution in [0.2, 0.25) is 0 Å². The number of hydrogen-bond donors (Lipinski definition) is 1. The molecule has 3 rings (SSSR count). The van der Waals surface area contributed by atoms with E-state index in [4.69, 9.17) is 0 Å². The standard InChI is InChI=1S/C22H21F2N3O2S/c1-14(2)11-27(21(29)17-9-8-16(23)10-18(17)24)12-20(28)26-22-25-19(13-30-22)15-6-4-3-5-7-15/h3-10,13-14H,11-12H2,1-2H3,(H,25,26,28). The van der Waals surface area contributed by atoms with E-state index in [9.17, 15) is 18.4 Å². The summed E-state index contributed by atoms with van der Waals surface area (Å²) in [4.78, 5) is 30.9. The minimum Gasteiger partial charge on any atom is -0.329 e. The van der Waals surface area contributed by atoms with Crippen LogP contribution in [0.25, 0.3) is 11.3 Å². The Morgan fingerprint density at radius 1 is 1.13 bits per heavy atom. The highest BCUT2D eigenvalue weighted by Gasteiger charge is 2.23. The highest BCUT2D eigenvalue weighted by Crippen LogP contribution is 2.24. The topological polar surface area (TPSA) is 62.3 Å². The quantitative estimate of drug-likeness (QED) is 0.585. The van der Waals surface area contributed by atoms with Crippen molar-refractivity contribution in [3.05, 3.63) is 71.1 Å². The van der Waals surface area contributed by atoms with E-state index < -0.39 is 23.4 Å². The lowest BCUT2D eigenvalue weighted by atomic mass is 10.1. The molecule has 0 spiro atoms. The Hall–Kier alpha value is -3.13. The van der Waals surface area contributed by atoms with Crippen molar-refractivity contribution in [1.82, 2.24) is 9.88 Å². The second-order valence-corrected chi connectivity index (χ2v) is 8.01. The van der Waals surface area contributed by atoms with Crippen LogP contribution in [0.4, 0.5) is 13.9 Å². The summed E-state index contributed by atoms with van der Waals surface area (Å²) < 4.78 is 27.2. The molecule has 0 bridgehead atoms. The number of benzene rings is 2. The van der Waals surface area contributed by atoms with E-state index >= 15 is 0 Å². The highest BCUT2D eigenvalue weighted by atomic mass is 32.1. The van der Waals surface area contributed by atoms with Gasteiger partial charge in [0.25, 0.3) is 5.91 Å². The molecule has 2 aromatic carbocycles. The van der Waals surface area contributed by atoms with Crippen molar-refractivity contribution >= 4 is 28.3 Å². The number of halogens is 2. The number of nitrogens with zero attached hydrogens (tertiary/aromatic N) is 2. The summed E-state index contributed by atoms with van der Waals surface area (Å²) in [5.74, 6) is -2.78. The van der Waals surface area contributed by atoms with E-state index in [1.165, 1.54) is 16.2 Å². The molecule has 0 unspecified atom stereocenters. The van der Waals surface area contributed by atoms with Crippen LogP contribution in [0.5, 0.6) is 0 Å². The molecule has 1 heterocycles. The fourth-order valence-corrected chi connectivity index (χ4v) is 3.63. The maximum absolute atomic E-state index is 14.1. The van der Waals surface area contributed by atoms with Crippen LogP contribution in [-0.2, 0) is 4.79 Å². The first-order valence-electron chi connectivity index (χ1n) is 9.38. The summed E-state index contributed by atoms with van der Waals surface area (Å²) in [6, 6.07) is 12.3. The van der Waals surface area contributed by atoms with Crippen molar-refractivity contribution in [2.24, 2.45) is 5.92 Å². The summed E-state index contributed by atoms with van der Waals surface area (Å²) >= 11 is 1.27. The van der Waals surface area contributed by atoms with Gasteiger partial charge in [-0.05, 0) is 18.1 Å². The number of nitrogens with one attached hydrogen (secondary N) is 1. The molecule has 0 aliphatic carbocycles. The normalized spacial score (nSPS) is 10.8. The SMILES string of the molecule is CC(C)CN(CC(=O)Nc1nc(-c2ccccc2)cs1)C(=O)c1ccc(F)cc1F. The molecule has 156 valence electrons. The summed E-state index contributed by atoms with van der Waals surface area (Å²) in [5.41, 5.74) is 1.39. The molecule has 2 amide bonds. The van der Waals surface area contributed by atoms with Crippen LogP contribution in [0, 0.1) is 17.6 Å². The first kappa shape index (κ1) is 21.6. The van der Waals surface area contributed by atoms with Crippen molar-refractivity contribution in [1.29, 1.82) is 0 Å². The molecule has 0 fully saturated rings. The zero-order chi connectivity index (χ0) is 21.7. The number of rotatable bonds is 7. The smallest absolute Gasteiger partial charge is 0.257 e. The lowest BCUT2D eigenvalue weighted by molar-refractivity contribution is -0.117. The molecular weight excluding hydrogens is 408 g/mol. The van der Waals surface area contributed by atoms with E-state index in [0.29, 0.717) is 11.2 Å². The van der Waals surface area contributed by atoms with Gasteiger partial charge in [0, 0.05) is 23.6 Å². The Balaban J connectivity index is 1.71. The molecule has 0 atom stereocenters. The average Bonchev–Trinajstić information content (AvgIpc) is 3.15. The van der Waals surface area contributed by atoms with E-state index in [1.807, 2.05) is 49.6 Å². The summed E-state index contributed by atoms with van der Waals surface area (Å²) in [6.45, 7) is 3.74. The second kappa shape index (κ2) is 9.58. The van der Waals surface area contributed by atoms with Gasteiger partial charge in [0.2, 0.25) is 5.91 Å². The first-order chi connectivity index (χ1) is 14.3. The number of carbonyl (C=O) groups is 2. The maximum Gasteiger partial charge on any atom is 0.257 e. The summed E-state index contributed by atoms with van der Waals surface area (Å²) in [5, 5.41) is 4.92. The summed E-state index contributed by atoms with van der Waals surface area (Å²) in [6.07, 6.45) is 0. The molecule has 1 N–H and O–H groups in total. The Kier molecular flexibility index (Phi) is 6.89. The third-order valence-corrected chi connectivity index (χ3v) is 4.95. The predicted molar refractivity (Wildman–Crippen MR) is 113 cm³/mol. The molecule has 1 aromatic heterocycles. The van der Waals surface area contributed by atoms with Crippen molar-refractivity contribution < 1.29 is 18.4 Å². The number of anilines is 1. The first-order valence-corrected chi connectivity index (χ1v) is 10.3. The fourth-order valence-electron chi connectivity index (χ4n) is 2.90. The predicted octanol–water partition coefficient (Wildman–Crippen LogP) is 4.83. The monoisotopic (exact) mass is 429 g/mol. The Bertz CT molecular complexity index is 1040. The van der Waals surface area contributed by atoms with Gasteiger partial charge in [-0.15, -0.1) is 11.3 Å². The third-order valence-electron chi connectivity index (χ3n) is 4.19. The molecule has 0 saturated carbocycles. The lowest BCUT2D eigenvalue weighted by Crippen LogP contribution is -2.40. The minimum absolute atomic E-state index is 0.0507. The van der Waals surface area contributed by atoms with E-state index in [1.54, 1.807) is 0 Å². The lowest BCUT2D eigenvalue weighted by Gasteiger charge is -2.24. The summed E-state index contributed by atoms with van der Waals surface area (Å²) in [7, 11) is 0. The molecule has 0 saturated heterocycles. The van der Waals surface area contributed by atoms with Crippen molar-refractivity contribution in [3.63, 3.8) is 0 Å². The second-order valence-electron chi connectivity index (χ2n) is 7.16. The molecule has 5 nitrogen and oxygen atoms in total. The van der Waals surface area contributed by atoms with Gasteiger partial charge >= 0.3 is 0 Å². The molecule has 0 aliphatic rings. The molecule has 3 aromatic rings. The maximum atomic E-state index is 14.1. The van der Waals surface area contributed by atoms with Gasteiger partial charge in [-0.3, -0.25) is 9.59 Å². The number of amides is 2. The van der Waals surface area contributed by atoms with Crippen LogP contribution in [0.3, 0.4) is 0 Å². The Morgan fingerprint density at radius 3 is 2.53 bits per heavy atom. The van der Waals surface area contributed by atoms with Gasteiger partial charge < -0.3 is 10.2 Å². The number of hydrogen-bond acceptors (Lipinski definition) is 4. The van der Waals surface area contributed by atoms with Gasteiger partial charge in [-0.25, -0.2) is 13.8 Å². The van der Waals surface area contributed by atoms with Crippen molar-refractivity contribution in [2.75, 3.05) is 18.4 Å². The Labute approximate surface area is 177 Å². The molecular formula is C22H21F2N3O2S. The van der Waals surface area contributed by atoms with Crippen LogP contribution < -0.4 is 5.32 Å². The minimum atomic E-state index is -0.957. The molecule has 30 heavy (non-hydrogen) atoms. The van der Waals surface area contributed by atoms with E-state index in [0.717, 1.165) is 23.4 Å². The zero-order valence-corrected chi connectivity index (χ0v) is 17.4. The van der Waals surface area contributed by atoms with Crippen LogP contribution >= 0.6 is 11.3 Å². The molecule has 0 radical (unpaired) electrons. The van der Waals surface area contributed by atoms with Gasteiger partial charge in [0.15, 0.2) is 5.13 Å². The highest BCUT2D eigenvalue weighted by molar-refractivity contribution is 7.14. The van der Waals surface area contributed by atoms with Gasteiger partial charge in [0.05, 0.1) is 11.3 Å². The Morgan fingerprint density at radius 2 is 1.87 bits per heavy atom.